The van der Waals surface area contributed by atoms with Crippen LogP contribution in [0.4, 0.5) is 11.4 Å². The number of amides is 1. The zero-order valence-corrected chi connectivity index (χ0v) is 25.0. The highest BCUT2D eigenvalue weighted by atomic mass is 35.5. The number of benzene rings is 1. The van der Waals surface area contributed by atoms with E-state index in [0.29, 0.717) is 28.4 Å². The van der Waals surface area contributed by atoms with Crippen LogP contribution in [-0.2, 0) is 7.05 Å². The van der Waals surface area contributed by atoms with E-state index in [1.54, 1.807) is 23.0 Å². The number of anilines is 2. The number of rotatable bonds is 7. The SMILES string of the molecule is CSNC(=O)c1nc(Cl)ccc1NC(C)c1cc(C)cc2c(=O)n(C)c(C3C4CN(c5cnc(C)nc5)CC43)nc12. The smallest absolute Gasteiger partial charge is 0.281 e. The number of halogens is 1. The minimum absolute atomic E-state index is 0.0517. The van der Waals surface area contributed by atoms with Gasteiger partial charge in [0.15, 0.2) is 5.69 Å². The fraction of sp³-hybridized carbons (Fsp3) is 0.379. The Labute approximate surface area is 247 Å². The van der Waals surface area contributed by atoms with Gasteiger partial charge in [0.25, 0.3) is 11.5 Å². The lowest BCUT2D eigenvalue weighted by Gasteiger charge is -2.23. The van der Waals surface area contributed by atoms with Crippen LogP contribution in [0.5, 0.6) is 0 Å². The van der Waals surface area contributed by atoms with Crippen molar-refractivity contribution in [3.05, 3.63) is 80.6 Å². The van der Waals surface area contributed by atoms with E-state index in [0.717, 1.165) is 41.6 Å². The molecule has 1 aliphatic heterocycles. The summed E-state index contributed by atoms with van der Waals surface area (Å²) in [6, 6.07) is 7.06. The molecule has 0 bridgehead atoms. The zero-order chi connectivity index (χ0) is 29.0. The molecule has 4 heterocycles. The molecule has 3 aromatic heterocycles. The van der Waals surface area contributed by atoms with Gasteiger partial charge in [-0.2, -0.15) is 0 Å². The highest BCUT2D eigenvalue weighted by molar-refractivity contribution is 7.97. The number of carbonyl (C=O) groups is 1. The standard InChI is InChI=1S/C29H31ClN8O2S/c1-14-8-18(15(2)33-22-6-7-23(30)34-26(22)28(39)36-41-5)25-19(9-14)29(40)37(4)27(35-25)24-20-12-38(13-21(20)24)17-10-31-16(3)32-11-17/h6-11,15,20-21,24,33H,12-13H2,1-5H3,(H,36,39). The fourth-order valence-corrected chi connectivity index (χ4v) is 6.47. The molecule has 1 aromatic carbocycles. The maximum Gasteiger partial charge on any atom is 0.281 e. The van der Waals surface area contributed by atoms with E-state index in [9.17, 15) is 9.59 Å². The summed E-state index contributed by atoms with van der Waals surface area (Å²) in [6.07, 6.45) is 5.52. The predicted octanol–water partition coefficient (Wildman–Crippen LogP) is 4.42. The summed E-state index contributed by atoms with van der Waals surface area (Å²) >= 11 is 7.30. The van der Waals surface area contributed by atoms with E-state index in [1.165, 1.54) is 11.9 Å². The molecule has 3 atom stereocenters. The molecule has 1 aliphatic carbocycles. The van der Waals surface area contributed by atoms with E-state index in [2.05, 4.69) is 29.9 Å². The third-order valence-corrected chi connectivity index (χ3v) is 8.72. The molecule has 2 N–H and O–H groups in total. The summed E-state index contributed by atoms with van der Waals surface area (Å²) in [5.74, 6) is 2.31. The van der Waals surface area contributed by atoms with E-state index in [1.807, 2.05) is 52.3 Å². The van der Waals surface area contributed by atoms with Crippen molar-refractivity contribution < 1.29 is 4.79 Å². The number of nitrogens with zero attached hydrogens (tertiary/aromatic N) is 6. The Morgan fingerprint density at radius 1 is 1.12 bits per heavy atom. The van der Waals surface area contributed by atoms with Crippen LogP contribution in [0.15, 0.2) is 41.5 Å². The monoisotopic (exact) mass is 590 g/mol. The second-order valence-corrected chi connectivity index (χ2v) is 11.9. The number of hydrogen-bond donors (Lipinski definition) is 2. The summed E-state index contributed by atoms with van der Waals surface area (Å²) in [5.41, 5.74) is 4.25. The highest BCUT2D eigenvalue weighted by Gasteiger charge is 2.58. The van der Waals surface area contributed by atoms with E-state index >= 15 is 0 Å². The van der Waals surface area contributed by atoms with Crippen LogP contribution in [-0.4, -0.2) is 49.8 Å². The molecule has 1 amide bonds. The Bertz CT molecular complexity index is 1720. The number of carbonyl (C=O) groups excluding carboxylic acids is 1. The lowest BCUT2D eigenvalue weighted by molar-refractivity contribution is 0.0980. The largest absolute Gasteiger partial charge is 0.377 e. The summed E-state index contributed by atoms with van der Waals surface area (Å²) in [4.78, 5) is 46.7. The summed E-state index contributed by atoms with van der Waals surface area (Å²) in [7, 11) is 1.82. The predicted molar refractivity (Wildman–Crippen MR) is 163 cm³/mol. The Hall–Kier alpha value is -3.70. The Balaban J connectivity index is 1.32. The average molecular weight is 591 g/mol. The average Bonchev–Trinajstić information content (AvgIpc) is 3.43. The molecule has 4 aromatic rings. The molecular formula is C29H31ClN8O2S. The highest BCUT2D eigenvalue weighted by Crippen LogP contribution is 2.58. The van der Waals surface area contributed by atoms with Gasteiger partial charge in [-0.15, -0.1) is 0 Å². The van der Waals surface area contributed by atoms with Crippen LogP contribution in [0, 0.1) is 25.7 Å². The fourth-order valence-electron chi connectivity index (χ4n) is 6.04. The zero-order valence-electron chi connectivity index (χ0n) is 23.5. The van der Waals surface area contributed by atoms with Gasteiger partial charge >= 0.3 is 0 Å². The van der Waals surface area contributed by atoms with Crippen LogP contribution < -0.4 is 20.5 Å². The number of nitrogens with one attached hydrogen (secondary N) is 2. The molecule has 1 saturated carbocycles. The third-order valence-electron chi connectivity index (χ3n) is 8.12. The molecule has 12 heteroatoms. The maximum atomic E-state index is 13.7. The molecule has 10 nitrogen and oxygen atoms in total. The van der Waals surface area contributed by atoms with E-state index < -0.39 is 0 Å². The van der Waals surface area contributed by atoms with Crippen LogP contribution in [0.1, 0.15) is 52.1 Å². The molecule has 0 radical (unpaired) electrons. The van der Waals surface area contributed by atoms with Gasteiger partial charge in [-0.3, -0.25) is 18.9 Å². The van der Waals surface area contributed by atoms with Crippen LogP contribution >= 0.6 is 23.5 Å². The molecule has 2 aliphatic rings. The van der Waals surface area contributed by atoms with Crippen LogP contribution in [0.3, 0.4) is 0 Å². The quantitative estimate of drug-likeness (QED) is 0.238. The van der Waals surface area contributed by atoms with Crippen molar-refractivity contribution in [2.24, 2.45) is 18.9 Å². The first kappa shape index (κ1) is 27.5. The maximum absolute atomic E-state index is 13.7. The van der Waals surface area contributed by atoms with Crippen LogP contribution in [0.25, 0.3) is 10.9 Å². The van der Waals surface area contributed by atoms with Gasteiger partial charge in [0.2, 0.25) is 0 Å². The normalized spacial score (nSPS) is 20.1. The molecule has 1 saturated heterocycles. The molecular weight excluding hydrogens is 560 g/mol. The van der Waals surface area contributed by atoms with Crippen molar-refractivity contribution in [3.8, 4) is 0 Å². The molecule has 2 fully saturated rings. The van der Waals surface area contributed by atoms with E-state index in [4.69, 9.17) is 16.6 Å². The number of fused-ring (bicyclic) bond motifs is 2. The molecule has 212 valence electrons. The first-order chi connectivity index (χ1) is 19.7. The van der Waals surface area contributed by atoms with Gasteiger partial charge in [0.1, 0.15) is 16.8 Å². The number of piperidine rings is 1. The second kappa shape index (κ2) is 10.6. The number of aryl methyl sites for hydroxylation is 2. The minimum atomic E-state index is -0.343. The first-order valence-corrected chi connectivity index (χ1v) is 15.1. The summed E-state index contributed by atoms with van der Waals surface area (Å²) in [6.45, 7) is 7.62. The second-order valence-electron chi connectivity index (χ2n) is 10.9. The number of aromatic nitrogens is 5. The van der Waals surface area contributed by atoms with Gasteiger partial charge in [-0.1, -0.05) is 29.6 Å². The van der Waals surface area contributed by atoms with Gasteiger partial charge < -0.3 is 10.2 Å². The Kier molecular flexibility index (Phi) is 7.11. The topological polar surface area (TPSA) is 118 Å². The first-order valence-electron chi connectivity index (χ1n) is 13.5. The Morgan fingerprint density at radius 2 is 1.83 bits per heavy atom. The summed E-state index contributed by atoms with van der Waals surface area (Å²) in [5, 5.41) is 4.23. The summed E-state index contributed by atoms with van der Waals surface area (Å²) < 4.78 is 4.43. The van der Waals surface area contributed by atoms with Gasteiger partial charge in [-0.25, -0.2) is 19.9 Å². The number of hydrogen-bond acceptors (Lipinski definition) is 9. The van der Waals surface area contributed by atoms with Gasteiger partial charge in [0.05, 0.1) is 40.7 Å². The van der Waals surface area contributed by atoms with Crippen LogP contribution in [0.2, 0.25) is 5.15 Å². The molecule has 6 rings (SSSR count). The lowest BCUT2D eigenvalue weighted by Crippen LogP contribution is -2.28. The van der Waals surface area contributed by atoms with Gasteiger partial charge in [0, 0.05) is 37.9 Å². The third kappa shape index (κ3) is 5.01. The molecule has 41 heavy (non-hydrogen) atoms. The van der Waals surface area contributed by atoms with Crippen molar-refractivity contribution in [3.63, 3.8) is 0 Å². The van der Waals surface area contributed by atoms with E-state index in [-0.39, 0.29) is 34.3 Å². The minimum Gasteiger partial charge on any atom is -0.377 e. The van der Waals surface area contributed by atoms with Crippen molar-refractivity contribution in [2.45, 2.75) is 32.7 Å². The Morgan fingerprint density at radius 3 is 2.51 bits per heavy atom. The van der Waals surface area contributed by atoms with Crippen molar-refractivity contribution in [1.82, 2.24) is 29.2 Å². The van der Waals surface area contributed by atoms with Crippen molar-refractivity contribution in [1.29, 1.82) is 0 Å². The number of pyridine rings is 1. The van der Waals surface area contributed by atoms with Crippen molar-refractivity contribution in [2.75, 3.05) is 29.6 Å². The van der Waals surface area contributed by atoms with Crippen molar-refractivity contribution >= 4 is 51.7 Å². The molecule has 3 unspecified atom stereocenters. The van der Waals surface area contributed by atoms with Gasteiger partial charge in [-0.05, 0) is 56.4 Å². The lowest BCUT2D eigenvalue weighted by atomic mass is 10.0. The molecule has 0 spiro atoms.